The summed E-state index contributed by atoms with van der Waals surface area (Å²) in [6.07, 6.45) is 3.98. The average molecular weight is 270 g/mol. The van der Waals surface area contributed by atoms with Crippen LogP contribution in [0.25, 0.3) is 0 Å². The first-order valence-electron chi connectivity index (χ1n) is 7.31. The van der Waals surface area contributed by atoms with Gasteiger partial charge in [-0.2, -0.15) is 0 Å². The Bertz CT molecular complexity index is 534. The van der Waals surface area contributed by atoms with Gasteiger partial charge >= 0.3 is 0 Å². The van der Waals surface area contributed by atoms with E-state index in [0.717, 1.165) is 38.5 Å². The molecule has 0 saturated carbocycles. The molecule has 0 spiro atoms. The summed E-state index contributed by atoms with van der Waals surface area (Å²) >= 11 is 0. The molecule has 1 aliphatic heterocycles. The number of imidazole rings is 1. The minimum absolute atomic E-state index is 0.571. The van der Waals surface area contributed by atoms with Gasteiger partial charge in [-0.1, -0.05) is 30.3 Å². The van der Waals surface area contributed by atoms with Gasteiger partial charge in [0, 0.05) is 44.6 Å². The second kappa shape index (κ2) is 6.20. The largest absolute Gasteiger partial charge is 0.329 e. The van der Waals surface area contributed by atoms with Gasteiger partial charge in [0.15, 0.2) is 0 Å². The highest BCUT2D eigenvalue weighted by molar-refractivity contribution is 5.15. The van der Waals surface area contributed by atoms with Gasteiger partial charge < -0.3 is 9.88 Å². The van der Waals surface area contributed by atoms with Crippen LogP contribution < -0.4 is 5.32 Å². The molecule has 1 atom stereocenters. The third-order valence-electron chi connectivity index (χ3n) is 3.82. The van der Waals surface area contributed by atoms with Gasteiger partial charge in [0.05, 0.1) is 6.54 Å². The highest BCUT2D eigenvalue weighted by Crippen LogP contribution is 2.09. The summed E-state index contributed by atoms with van der Waals surface area (Å²) < 4.78 is 2.25. The third-order valence-corrected chi connectivity index (χ3v) is 3.82. The van der Waals surface area contributed by atoms with Crippen molar-refractivity contribution in [2.24, 2.45) is 0 Å². The molecule has 2 aromatic rings. The lowest BCUT2D eigenvalue weighted by atomic mass is 10.2. The Balaban J connectivity index is 1.67. The van der Waals surface area contributed by atoms with Crippen molar-refractivity contribution in [2.45, 2.75) is 26.1 Å². The van der Waals surface area contributed by atoms with Crippen LogP contribution in [0.4, 0.5) is 0 Å². The summed E-state index contributed by atoms with van der Waals surface area (Å²) in [6, 6.07) is 11.1. The maximum absolute atomic E-state index is 4.53. The molecule has 4 heteroatoms. The van der Waals surface area contributed by atoms with Crippen molar-refractivity contribution in [3.05, 3.63) is 54.1 Å². The van der Waals surface area contributed by atoms with E-state index in [2.05, 4.69) is 63.2 Å². The van der Waals surface area contributed by atoms with Gasteiger partial charge in [0.1, 0.15) is 5.82 Å². The molecule has 2 heterocycles. The van der Waals surface area contributed by atoms with E-state index < -0.39 is 0 Å². The van der Waals surface area contributed by atoms with Crippen LogP contribution in [0, 0.1) is 0 Å². The number of benzene rings is 1. The van der Waals surface area contributed by atoms with Crippen molar-refractivity contribution in [2.75, 3.05) is 19.6 Å². The predicted molar refractivity (Wildman–Crippen MR) is 80.5 cm³/mol. The van der Waals surface area contributed by atoms with Crippen LogP contribution in [0.5, 0.6) is 0 Å². The lowest BCUT2D eigenvalue weighted by Crippen LogP contribution is -2.48. The fourth-order valence-electron chi connectivity index (χ4n) is 2.77. The van der Waals surface area contributed by atoms with Crippen LogP contribution >= 0.6 is 0 Å². The van der Waals surface area contributed by atoms with E-state index in [1.807, 2.05) is 6.20 Å². The maximum atomic E-state index is 4.53. The van der Waals surface area contributed by atoms with Crippen molar-refractivity contribution in [3.8, 4) is 0 Å². The number of aromatic nitrogens is 2. The first kappa shape index (κ1) is 13.3. The van der Waals surface area contributed by atoms with E-state index in [-0.39, 0.29) is 0 Å². The minimum atomic E-state index is 0.571. The van der Waals surface area contributed by atoms with Crippen molar-refractivity contribution in [3.63, 3.8) is 0 Å². The standard InChI is InChI=1S/C16H22N4/c1-14-11-19(9-7-17-14)13-16-18-8-10-20(16)12-15-5-3-2-4-6-15/h2-6,8,10,14,17H,7,9,11-13H2,1H3/t14-/m1/s1. The summed E-state index contributed by atoms with van der Waals surface area (Å²) in [7, 11) is 0. The Labute approximate surface area is 120 Å². The summed E-state index contributed by atoms with van der Waals surface area (Å²) in [4.78, 5) is 7.01. The molecular formula is C16H22N4. The lowest BCUT2D eigenvalue weighted by Gasteiger charge is -2.31. The number of nitrogens with one attached hydrogen (secondary N) is 1. The lowest BCUT2D eigenvalue weighted by molar-refractivity contribution is 0.193. The van der Waals surface area contributed by atoms with Crippen LogP contribution in [0.15, 0.2) is 42.7 Å². The Morgan fingerprint density at radius 3 is 2.90 bits per heavy atom. The predicted octanol–water partition coefficient (Wildman–Crippen LogP) is 1.73. The van der Waals surface area contributed by atoms with Gasteiger partial charge in [-0.15, -0.1) is 0 Å². The van der Waals surface area contributed by atoms with E-state index in [9.17, 15) is 0 Å². The molecule has 1 N–H and O–H groups in total. The molecule has 4 nitrogen and oxygen atoms in total. The number of nitrogens with zero attached hydrogens (tertiary/aromatic N) is 3. The number of hydrogen-bond acceptors (Lipinski definition) is 3. The molecular weight excluding hydrogens is 248 g/mol. The summed E-state index contributed by atoms with van der Waals surface area (Å²) in [5, 5.41) is 3.48. The molecule has 1 aliphatic rings. The Kier molecular flexibility index (Phi) is 4.14. The molecule has 1 aromatic heterocycles. The summed E-state index contributed by atoms with van der Waals surface area (Å²) in [6.45, 7) is 7.34. The maximum Gasteiger partial charge on any atom is 0.123 e. The molecule has 20 heavy (non-hydrogen) atoms. The summed E-state index contributed by atoms with van der Waals surface area (Å²) in [5.41, 5.74) is 1.32. The monoisotopic (exact) mass is 270 g/mol. The molecule has 0 unspecified atom stereocenters. The average Bonchev–Trinajstić information content (AvgIpc) is 2.87. The van der Waals surface area contributed by atoms with Crippen LogP contribution in [-0.2, 0) is 13.1 Å². The third kappa shape index (κ3) is 3.26. The normalized spacial score (nSPS) is 20.1. The van der Waals surface area contributed by atoms with Crippen LogP contribution in [-0.4, -0.2) is 40.1 Å². The first-order chi connectivity index (χ1) is 9.81. The Morgan fingerprint density at radius 1 is 1.25 bits per heavy atom. The molecule has 106 valence electrons. The number of rotatable bonds is 4. The van der Waals surface area contributed by atoms with E-state index in [1.165, 1.54) is 5.56 Å². The minimum Gasteiger partial charge on any atom is -0.329 e. The van der Waals surface area contributed by atoms with Crippen molar-refractivity contribution >= 4 is 0 Å². The number of hydrogen-bond donors (Lipinski definition) is 1. The van der Waals surface area contributed by atoms with E-state index >= 15 is 0 Å². The zero-order valence-corrected chi connectivity index (χ0v) is 12.0. The molecule has 3 rings (SSSR count). The van der Waals surface area contributed by atoms with Gasteiger partial charge in [-0.3, -0.25) is 4.90 Å². The van der Waals surface area contributed by atoms with E-state index in [0.29, 0.717) is 6.04 Å². The van der Waals surface area contributed by atoms with Gasteiger partial charge in [-0.05, 0) is 12.5 Å². The number of piperazine rings is 1. The highest BCUT2D eigenvalue weighted by Gasteiger charge is 2.17. The van der Waals surface area contributed by atoms with Gasteiger partial charge in [-0.25, -0.2) is 4.98 Å². The fraction of sp³-hybridized carbons (Fsp3) is 0.438. The summed E-state index contributed by atoms with van der Waals surface area (Å²) in [5.74, 6) is 1.16. The van der Waals surface area contributed by atoms with Crippen LogP contribution in [0.2, 0.25) is 0 Å². The van der Waals surface area contributed by atoms with Gasteiger partial charge in [0.25, 0.3) is 0 Å². The van der Waals surface area contributed by atoms with Crippen LogP contribution in [0.1, 0.15) is 18.3 Å². The second-order valence-electron chi connectivity index (χ2n) is 5.55. The topological polar surface area (TPSA) is 33.1 Å². The Hall–Kier alpha value is -1.65. The van der Waals surface area contributed by atoms with Crippen molar-refractivity contribution in [1.82, 2.24) is 19.8 Å². The quantitative estimate of drug-likeness (QED) is 0.918. The van der Waals surface area contributed by atoms with Crippen LogP contribution in [0.3, 0.4) is 0 Å². The molecule has 0 radical (unpaired) electrons. The Morgan fingerprint density at radius 2 is 2.10 bits per heavy atom. The SMILES string of the molecule is C[C@@H]1CN(Cc2nccn2Cc2ccccc2)CCN1. The molecule has 1 saturated heterocycles. The molecule has 1 fully saturated rings. The smallest absolute Gasteiger partial charge is 0.123 e. The fourth-order valence-corrected chi connectivity index (χ4v) is 2.77. The zero-order valence-electron chi connectivity index (χ0n) is 12.0. The second-order valence-corrected chi connectivity index (χ2v) is 5.55. The highest BCUT2D eigenvalue weighted by atomic mass is 15.2. The molecule has 1 aromatic carbocycles. The zero-order chi connectivity index (χ0) is 13.8. The van der Waals surface area contributed by atoms with E-state index in [1.54, 1.807) is 0 Å². The molecule has 0 bridgehead atoms. The van der Waals surface area contributed by atoms with E-state index in [4.69, 9.17) is 0 Å². The van der Waals surface area contributed by atoms with Crippen molar-refractivity contribution in [1.29, 1.82) is 0 Å². The molecule has 0 amide bonds. The van der Waals surface area contributed by atoms with Crippen molar-refractivity contribution < 1.29 is 0 Å². The van der Waals surface area contributed by atoms with Gasteiger partial charge in [0.2, 0.25) is 0 Å². The first-order valence-corrected chi connectivity index (χ1v) is 7.31. The molecule has 0 aliphatic carbocycles.